The normalized spacial score (nSPS) is 20.8. The van der Waals surface area contributed by atoms with Gasteiger partial charge < -0.3 is 20.4 Å². The number of nitrogens with zero attached hydrogens (tertiary/aromatic N) is 1. The molecular formula is C27H36N2O4S. The van der Waals surface area contributed by atoms with Crippen LogP contribution in [-0.4, -0.2) is 58.3 Å². The van der Waals surface area contributed by atoms with Crippen molar-refractivity contribution in [2.24, 2.45) is 5.92 Å². The van der Waals surface area contributed by atoms with E-state index in [2.05, 4.69) is 28.9 Å². The van der Waals surface area contributed by atoms with E-state index in [0.717, 1.165) is 37.0 Å². The fourth-order valence-corrected chi connectivity index (χ4v) is 6.31. The Labute approximate surface area is 206 Å². The molecule has 0 spiro atoms. The van der Waals surface area contributed by atoms with E-state index in [-0.39, 0.29) is 6.04 Å². The summed E-state index contributed by atoms with van der Waals surface area (Å²) >= 11 is 1.65. The van der Waals surface area contributed by atoms with Crippen molar-refractivity contribution >= 4 is 23.2 Å². The van der Waals surface area contributed by atoms with Crippen molar-refractivity contribution in [2.45, 2.75) is 76.0 Å². The molecule has 1 aliphatic carbocycles. The number of hydrogen-bond acceptors (Lipinski definition) is 5. The predicted molar refractivity (Wildman–Crippen MR) is 134 cm³/mol. The van der Waals surface area contributed by atoms with Gasteiger partial charge in [0.05, 0.1) is 0 Å². The Morgan fingerprint density at radius 1 is 1.00 bits per heavy atom. The van der Waals surface area contributed by atoms with Gasteiger partial charge in [0.25, 0.3) is 11.8 Å². The van der Waals surface area contributed by atoms with Gasteiger partial charge in [-0.3, -0.25) is 9.59 Å². The van der Waals surface area contributed by atoms with Gasteiger partial charge in [0.2, 0.25) is 0 Å². The van der Waals surface area contributed by atoms with Crippen LogP contribution in [0, 0.1) is 5.92 Å². The molecule has 34 heavy (non-hydrogen) atoms. The minimum absolute atomic E-state index is 0.127. The van der Waals surface area contributed by atoms with Gasteiger partial charge >= 0.3 is 0 Å². The summed E-state index contributed by atoms with van der Waals surface area (Å²) < 4.78 is 0. The van der Waals surface area contributed by atoms with E-state index in [1.54, 1.807) is 16.2 Å². The summed E-state index contributed by atoms with van der Waals surface area (Å²) in [4.78, 5) is 28.2. The number of nitrogens with one attached hydrogen (secondary N) is 1. The van der Waals surface area contributed by atoms with Crippen LogP contribution in [-0.2, 0) is 22.4 Å². The summed E-state index contributed by atoms with van der Waals surface area (Å²) in [5, 5.41) is 25.7. The molecule has 4 rings (SSSR count). The second-order valence-electron chi connectivity index (χ2n) is 9.65. The fourth-order valence-electron chi connectivity index (χ4n) is 5.42. The molecule has 2 aromatic rings. The van der Waals surface area contributed by atoms with Gasteiger partial charge in [-0.1, -0.05) is 49.6 Å². The lowest BCUT2D eigenvalue weighted by atomic mass is 9.83. The van der Waals surface area contributed by atoms with E-state index >= 15 is 0 Å². The summed E-state index contributed by atoms with van der Waals surface area (Å²) in [5.41, 5.74) is 2.49. The molecule has 1 aromatic carbocycles. The quantitative estimate of drug-likeness (QED) is 0.510. The van der Waals surface area contributed by atoms with Crippen LogP contribution < -0.4 is 5.32 Å². The second kappa shape index (κ2) is 12.0. The lowest BCUT2D eigenvalue weighted by Gasteiger charge is -2.35. The first-order chi connectivity index (χ1) is 16.5. The van der Waals surface area contributed by atoms with Gasteiger partial charge in [0, 0.05) is 24.0 Å². The number of likely N-dealkylation sites (tertiary alicyclic amines) is 1. The zero-order valence-corrected chi connectivity index (χ0v) is 20.5. The van der Waals surface area contributed by atoms with Gasteiger partial charge in [-0.15, -0.1) is 11.3 Å². The molecule has 0 radical (unpaired) electrons. The SMILES string of the molecule is O=C(NCCc1cc(Cc2ccccc2)cs1)[C@H](O)[C@@H](O)C(=O)N1CCC[C@@H]1C1CCCCC1. The molecule has 2 heterocycles. The molecule has 1 aromatic heterocycles. The van der Waals surface area contributed by atoms with E-state index in [0.29, 0.717) is 25.4 Å². The molecule has 0 unspecified atom stereocenters. The molecule has 7 heteroatoms. The van der Waals surface area contributed by atoms with E-state index in [9.17, 15) is 19.8 Å². The highest BCUT2D eigenvalue weighted by Crippen LogP contribution is 2.34. The van der Waals surface area contributed by atoms with Gasteiger partial charge in [-0.25, -0.2) is 0 Å². The monoisotopic (exact) mass is 484 g/mol. The first kappa shape index (κ1) is 24.9. The fraction of sp³-hybridized carbons (Fsp3) is 0.556. The standard InChI is InChI=1S/C27H36N2O4S/c30-24(25(31)27(33)29-15-7-12-23(29)21-10-5-2-6-11-21)26(32)28-14-13-22-17-20(18-34-22)16-19-8-3-1-4-9-19/h1,3-4,8-9,17-18,21,23-25,30-31H,2,5-7,10-16H2,(H,28,32)/t23-,24-,25-/m1/s1. The molecule has 2 fully saturated rings. The molecular weight excluding hydrogens is 448 g/mol. The molecule has 3 N–H and O–H groups in total. The Morgan fingerprint density at radius 2 is 1.76 bits per heavy atom. The summed E-state index contributed by atoms with van der Waals surface area (Å²) in [6.45, 7) is 0.936. The van der Waals surface area contributed by atoms with Crippen molar-refractivity contribution in [2.75, 3.05) is 13.1 Å². The van der Waals surface area contributed by atoms with E-state index in [4.69, 9.17) is 0 Å². The molecule has 184 valence electrons. The highest BCUT2D eigenvalue weighted by atomic mass is 32.1. The molecule has 0 bridgehead atoms. The number of thiophene rings is 1. The molecule has 1 saturated carbocycles. The Balaban J connectivity index is 1.23. The number of rotatable bonds is 9. The number of benzene rings is 1. The van der Waals surface area contributed by atoms with Crippen molar-refractivity contribution < 1.29 is 19.8 Å². The average molecular weight is 485 g/mol. The van der Waals surface area contributed by atoms with E-state index in [1.807, 2.05) is 18.2 Å². The lowest BCUT2D eigenvalue weighted by Crippen LogP contribution is -2.53. The maximum Gasteiger partial charge on any atom is 0.254 e. The van der Waals surface area contributed by atoms with Gasteiger partial charge in [-0.05, 0) is 67.0 Å². The topological polar surface area (TPSA) is 89.9 Å². The number of aliphatic hydroxyl groups is 2. The summed E-state index contributed by atoms with van der Waals surface area (Å²) in [5.74, 6) is -0.745. The zero-order chi connectivity index (χ0) is 23.9. The number of amides is 2. The van der Waals surface area contributed by atoms with Crippen LogP contribution in [0.3, 0.4) is 0 Å². The molecule has 3 atom stereocenters. The smallest absolute Gasteiger partial charge is 0.254 e. The third kappa shape index (κ3) is 6.26. The Bertz CT molecular complexity index is 941. The van der Waals surface area contributed by atoms with Crippen molar-refractivity contribution in [3.05, 3.63) is 57.8 Å². The Kier molecular flexibility index (Phi) is 8.75. The van der Waals surface area contributed by atoms with Crippen molar-refractivity contribution in [1.29, 1.82) is 0 Å². The van der Waals surface area contributed by atoms with Crippen LogP contribution in [0.4, 0.5) is 0 Å². The summed E-state index contributed by atoms with van der Waals surface area (Å²) in [6.07, 6.45) is 5.75. The van der Waals surface area contributed by atoms with Crippen molar-refractivity contribution in [1.82, 2.24) is 10.2 Å². The minimum atomic E-state index is -1.75. The van der Waals surface area contributed by atoms with Crippen LogP contribution >= 0.6 is 11.3 Å². The van der Waals surface area contributed by atoms with Crippen LogP contribution in [0.2, 0.25) is 0 Å². The highest BCUT2D eigenvalue weighted by molar-refractivity contribution is 7.10. The minimum Gasteiger partial charge on any atom is -0.380 e. The Morgan fingerprint density at radius 3 is 2.53 bits per heavy atom. The number of hydrogen-bond donors (Lipinski definition) is 3. The van der Waals surface area contributed by atoms with Crippen LogP contribution in [0.5, 0.6) is 0 Å². The third-order valence-corrected chi connectivity index (χ3v) is 8.27. The Hall–Kier alpha value is -2.22. The predicted octanol–water partition coefficient (Wildman–Crippen LogP) is 3.29. The summed E-state index contributed by atoms with van der Waals surface area (Å²) in [7, 11) is 0. The van der Waals surface area contributed by atoms with Gasteiger partial charge in [0.1, 0.15) is 0 Å². The summed E-state index contributed by atoms with van der Waals surface area (Å²) in [6, 6.07) is 12.5. The molecule has 2 amide bonds. The maximum absolute atomic E-state index is 12.9. The highest BCUT2D eigenvalue weighted by Gasteiger charge is 2.40. The zero-order valence-electron chi connectivity index (χ0n) is 19.7. The third-order valence-electron chi connectivity index (χ3n) is 7.23. The second-order valence-corrected chi connectivity index (χ2v) is 10.6. The van der Waals surface area contributed by atoms with Crippen molar-refractivity contribution in [3.8, 4) is 0 Å². The maximum atomic E-state index is 12.9. The average Bonchev–Trinajstić information content (AvgIpc) is 3.53. The molecule has 1 saturated heterocycles. The molecule has 6 nitrogen and oxygen atoms in total. The van der Waals surface area contributed by atoms with Gasteiger partial charge in [0.15, 0.2) is 12.2 Å². The lowest BCUT2D eigenvalue weighted by molar-refractivity contribution is -0.154. The first-order valence-electron chi connectivity index (χ1n) is 12.6. The first-order valence-corrected chi connectivity index (χ1v) is 13.5. The van der Waals surface area contributed by atoms with Crippen molar-refractivity contribution in [3.63, 3.8) is 0 Å². The largest absolute Gasteiger partial charge is 0.380 e. The number of carbonyl (C=O) groups is 2. The van der Waals surface area contributed by atoms with Crippen LogP contribution in [0.1, 0.15) is 60.9 Å². The van der Waals surface area contributed by atoms with Crippen LogP contribution in [0.25, 0.3) is 0 Å². The number of carbonyl (C=O) groups excluding carboxylic acids is 2. The van der Waals surface area contributed by atoms with E-state index in [1.165, 1.54) is 30.4 Å². The van der Waals surface area contributed by atoms with Gasteiger partial charge in [-0.2, -0.15) is 0 Å². The number of aliphatic hydroxyl groups excluding tert-OH is 2. The van der Waals surface area contributed by atoms with Crippen LogP contribution in [0.15, 0.2) is 41.8 Å². The molecule has 1 aliphatic heterocycles. The van der Waals surface area contributed by atoms with E-state index < -0.39 is 24.0 Å². The molecule has 2 aliphatic rings.